The van der Waals surface area contributed by atoms with Crippen molar-refractivity contribution in [2.24, 2.45) is 0 Å². The van der Waals surface area contributed by atoms with Crippen LogP contribution in [0.15, 0.2) is 28.7 Å². The third-order valence-corrected chi connectivity index (χ3v) is 3.71. The topological polar surface area (TPSA) is 78.8 Å². The van der Waals surface area contributed by atoms with Crippen LogP contribution >= 0.6 is 15.9 Å². The number of nitrogens with one attached hydrogen (secondary N) is 1. The Kier molecular flexibility index (Phi) is 4.34. The maximum absolute atomic E-state index is 10.8. The number of carboxylic acids is 1. The SMILES string of the molecule is O=C(O)[C@H]1NCC(OCc2ccccc2Br)C1O. The number of hydrogen-bond donors (Lipinski definition) is 3. The largest absolute Gasteiger partial charge is 0.480 e. The van der Waals surface area contributed by atoms with E-state index < -0.39 is 24.2 Å². The van der Waals surface area contributed by atoms with E-state index >= 15 is 0 Å². The molecule has 1 aromatic carbocycles. The van der Waals surface area contributed by atoms with E-state index in [0.29, 0.717) is 13.2 Å². The van der Waals surface area contributed by atoms with Gasteiger partial charge in [0.25, 0.3) is 0 Å². The van der Waals surface area contributed by atoms with Crippen molar-refractivity contribution in [2.75, 3.05) is 6.54 Å². The van der Waals surface area contributed by atoms with Gasteiger partial charge in [-0.1, -0.05) is 34.1 Å². The molecule has 1 aliphatic rings. The molecule has 6 heteroatoms. The second kappa shape index (κ2) is 5.79. The lowest BCUT2D eigenvalue weighted by molar-refractivity contribution is -0.142. The van der Waals surface area contributed by atoms with Crippen LogP contribution in [0.25, 0.3) is 0 Å². The van der Waals surface area contributed by atoms with E-state index in [1.165, 1.54) is 0 Å². The fourth-order valence-electron chi connectivity index (χ4n) is 1.90. The second-order valence-corrected chi connectivity index (χ2v) is 5.01. The summed E-state index contributed by atoms with van der Waals surface area (Å²) in [6.45, 7) is 0.666. The van der Waals surface area contributed by atoms with E-state index in [4.69, 9.17) is 9.84 Å². The maximum atomic E-state index is 10.8. The Morgan fingerprint density at radius 1 is 1.50 bits per heavy atom. The molecular weight excluding hydrogens is 302 g/mol. The van der Waals surface area contributed by atoms with Gasteiger partial charge in [-0.3, -0.25) is 10.1 Å². The summed E-state index contributed by atoms with van der Waals surface area (Å²) >= 11 is 3.40. The molecule has 0 amide bonds. The molecule has 0 saturated carbocycles. The number of carboxylic acid groups (broad SMARTS) is 1. The number of benzene rings is 1. The molecule has 2 unspecified atom stereocenters. The minimum Gasteiger partial charge on any atom is -0.480 e. The molecule has 0 aromatic heterocycles. The van der Waals surface area contributed by atoms with Gasteiger partial charge in [-0.15, -0.1) is 0 Å². The number of ether oxygens (including phenoxy) is 1. The van der Waals surface area contributed by atoms with Crippen LogP contribution in [0.5, 0.6) is 0 Å². The molecule has 5 nitrogen and oxygen atoms in total. The van der Waals surface area contributed by atoms with Gasteiger partial charge in [0, 0.05) is 11.0 Å². The van der Waals surface area contributed by atoms with Crippen LogP contribution < -0.4 is 5.32 Å². The molecule has 98 valence electrons. The Morgan fingerprint density at radius 3 is 2.83 bits per heavy atom. The van der Waals surface area contributed by atoms with Crippen molar-refractivity contribution >= 4 is 21.9 Å². The average Bonchev–Trinajstić information content (AvgIpc) is 2.70. The number of aliphatic hydroxyl groups is 1. The lowest BCUT2D eigenvalue weighted by Gasteiger charge is -2.17. The normalized spacial score (nSPS) is 27.3. The first kappa shape index (κ1) is 13.5. The number of carbonyl (C=O) groups is 1. The standard InChI is InChI=1S/C12H14BrNO4/c13-8-4-2-1-3-7(8)6-18-9-5-14-10(11(9)15)12(16)17/h1-4,9-11,14-15H,5-6H2,(H,16,17)/t9?,10-,11?/m0/s1. The minimum absolute atomic E-state index is 0.331. The fourth-order valence-corrected chi connectivity index (χ4v) is 2.30. The third kappa shape index (κ3) is 2.89. The molecule has 0 radical (unpaired) electrons. The lowest BCUT2D eigenvalue weighted by Crippen LogP contribution is -2.40. The van der Waals surface area contributed by atoms with Gasteiger partial charge < -0.3 is 14.9 Å². The van der Waals surface area contributed by atoms with Crippen molar-refractivity contribution < 1.29 is 19.7 Å². The molecule has 0 aliphatic carbocycles. The number of halogens is 1. The molecular formula is C12H14BrNO4. The summed E-state index contributed by atoms with van der Waals surface area (Å²) in [5, 5.41) is 21.4. The summed E-state index contributed by atoms with van der Waals surface area (Å²) in [6, 6.07) is 6.66. The van der Waals surface area contributed by atoms with Gasteiger partial charge in [0.2, 0.25) is 0 Å². The van der Waals surface area contributed by atoms with Gasteiger partial charge >= 0.3 is 5.97 Å². The van der Waals surface area contributed by atoms with Crippen LogP contribution in [0, 0.1) is 0 Å². The number of aliphatic carboxylic acids is 1. The van der Waals surface area contributed by atoms with Crippen molar-refractivity contribution in [1.82, 2.24) is 5.32 Å². The second-order valence-electron chi connectivity index (χ2n) is 4.16. The van der Waals surface area contributed by atoms with Crippen molar-refractivity contribution in [2.45, 2.75) is 24.9 Å². The number of aliphatic hydroxyl groups excluding tert-OH is 1. The van der Waals surface area contributed by atoms with Gasteiger partial charge in [-0.2, -0.15) is 0 Å². The molecule has 1 aromatic rings. The van der Waals surface area contributed by atoms with E-state index in [0.717, 1.165) is 10.0 Å². The van der Waals surface area contributed by atoms with E-state index in [1.54, 1.807) is 0 Å². The molecule has 18 heavy (non-hydrogen) atoms. The van der Waals surface area contributed by atoms with Gasteiger partial charge in [-0.25, -0.2) is 0 Å². The highest BCUT2D eigenvalue weighted by Gasteiger charge is 2.39. The summed E-state index contributed by atoms with van der Waals surface area (Å²) in [4.78, 5) is 10.8. The number of rotatable bonds is 4. The molecule has 1 aliphatic heterocycles. The molecule has 1 saturated heterocycles. The fraction of sp³-hybridized carbons (Fsp3) is 0.417. The van der Waals surface area contributed by atoms with E-state index in [1.807, 2.05) is 24.3 Å². The zero-order valence-electron chi connectivity index (χ0n) is 9.54. The number of hydrogen-bond acceptors (Lipinski definition) is 4. The highest BCUT2D eigenvalue weighted by molar-refractivity contribution is 9.10. The highest BCUT2D eigenvalue weighted by atomic mass is 79.9. The molecule has 1 fully saturated rings. The van der Waals surface area contributed by atoms with Crippen LogP contribution in [-0.4, -0.2) is 41.0 Å². The van der Waals surface area contributed by atoms with Crippen molar-refractivity contribution in [3.8, 4) is 0 Å². The average molecular weight is 316 g/mol. The van der Waals surface area contributed by atoms with Gasteiger partial charge in [0.15, 0.2) is 0 Å². The van der Waals surface area contributed by atoms with Crippen molar-refractivity contribution in [1.29, 1.82) is 0 Å². The molecule has 2 rings (SSSR count). The lowest BCUT2D eigenvalue weighted by atomic mass is 10.1. The predicted molar refractivity (Wildman–Crippen MR) is 68.2 cm³/mol. The predicted octanol–water partition coefficient (Wildman–Crippen LogP) is 0.752. The Bertz CT molecular complexity index is 440. The Hall–Kier alpha value is -0.950. The van der Waals surface area contributed by atoms with Crippen LogP contribution in [0.1, 0.15) is 5.56 Å². The monoisotopic (exact) mass is 315 g/mol. The van der Waals surface area contributed by atoms with E-state index in [-0.39, 0.29) is 0 Å². The van der Waals surface area contributed by atoms with E-state index in [9.17, 15) is 9.90 Å². The quantitative estimate of drug-likeness (QED) is 0.764. The third-order valence-electron chi connectivity index (χ3n) is 2.94. The van der Waals surface area contributed by atoms with Crippen LogP contribution in [0.2, 0.25) is 0 Å². The minimum atomic E-state index is -1.06. The zero-order valence-corrected chi connectivity index (χ0v) is 11.1. The Labute approximate surface area is 113 Å². The Balaban J connectivity index is 1.92. The Morgan fingerprint density at radius 2 is 2.22 bits per heavy atom. The molecule has 3 atom stereocenters. The summed E-state index contributed by atoms with van der Waals surface area (Å²) in [5.41, 5.74) is 0.962. The van der Waals surface area contributed by atoms with Gasteiger partial charge in [0.05, 0.1) is 12.7 Å². The summed E-state index contributed by atoms with van der Waals surface area (Å²) < 4.78 is 6.49. The molecule has 3 N–H and O–H groups in total. The summed E-state index contributed by atoms with van der Waals surface area (Å²) in [6.07, 6.45) is -1.52. The molecule has 1 heterocycles. The molecule has 0 spiro atoms. The zero-order chi connectivity index (χ0) is 13.1. The summed E-state index contributed by atoms with van der Waals surface area (Å²) in [7, 11) is 0. The van der Waals surface area contributed by atoms with Crippen LogP contribution in [0.3, 0.4) is 0 Å². The maximum Gasteiger partial charge on any atom is 0.323 e. The smallest absolute Gasteiger partial charge is 0.323 e. The van der Waals surface area contributed by atoms with Crippen molar-refractivity contribution in [3.05, 3.63) is 34.3 Å². The van der Waals surface area contributed by atoms with E-state index in [2.05, 4.69) is 21.2 Å². The molecule has 0 bridgehead atoms. The van der Waals surface area contributed by atoms with Crippen molar-refractivity contribution in [3.63, 3.8) is 0 Å². The first-order valence-corrected chi connectivity index (χ1v) is 6.38. The van der Waals surface area contributed by atoms with Gasteiger partial charge in [0.1, 0.15) is 12.1 Å². The van der Waals surface area contributed by atoms with Crippen LogP contribution in [0.4, 0.5) is 0 Å². The van der Waals surface area contributed by atoms with Crippen LogP contribution in [-0.2, 0) is 16.1 Å². The summed E-state index contributed by atoms with van der Waals surface area (Å²) in [5.74, 6) is -1.06. The highest BCUT2D eigenvalue weighted by Crippen LogP contribution is 2.19. The first-order chi connectivity index (χ1) is 8.59. The van der Waals surface area contributed by atoms with Gasteiger partial charge in [-0.05, 0) is 11.6 Å². The first-order valence-electron chi connectivity index (χ1n) is 5.59.